The van der Waals surface area contributed by atoms with Crippen molar-refractivity contribution in [3.05, 3.63) is 11.9 Å². The third-order valence-corrected chi connectivity index (χ3v) is 3.88. The molecule has 0 bridgehead atoms. The van der Waals surface area contributed by atoms with Crippen molar-refractivity contribution in [1.29, 1.82) is 0 Å². The molecule has 6 heteroatoms. The van der Waals surface area contributed by atoms with E-state index >= 15 is 0 Å². The zero-order chi connectivity index (χ0) is 12.7. The second kappa shape index (κ2) is 7.08. The Labute approximate surface area is 113 Å². The van der Waals surface area contributed by atoms with E-state index in [0.29, 0.717) is 0 Å². The number of nitrogens with one attached hydrogen (secondary N) is 1. The Balaban J connectivity index is 2.58. The van der Waals surface area contributed by atoms with E-state index in [4.69, 9.17) is 0 Å². The predicted molar refractivity (Wildman–Crippen MR) is 81.0 cm³/mol. The standard InChI is InChI=1S/C11H20N4S2/c1-11(14-17-16)5-8-15(9-6-11)10(13-3)4-7-12-2/h4,7,14,16H,3,5-6,8-9H2,1-2H3/b10-4+,12-7-. The molecule has 0 saturated carbocycles. The average molecular weight is 272 g/mol. The Morgan fingerprint density at radius 3 is 2.65 bits per heavy atom. The van der Waals surface area contributed by atoms with Gasteiger partial charge in [0.05, 0.1) is 0 Å². The number of hydrogen-bond donors (Lipinski definition) is 2. The van der Waals surface area contributed by atoms with Crippen LogP contribution in [-0.4, -0.2) is 43.5 Å². The van der Waals surface area contributed by atoms with Gasteiger partial charge in [-0.2, -0.15) is 0 Å². The van der Waals surface area contributed by atoms with Crippen LogP contribution in [0.15, 0.2) is 21.9 Å². The lowest BCUT2D eigenvalue weighted by atomic mass is 9.91. The van der Waals surface area contributed by atoms with Gasteiger partial charge in [-0.25, -0.2) is 9.71 Å². The van der Waals surface area contributed by atoms with Crippen LogP contribution >= 0.6 is 22.6 Å². The molecule has 4 nitrogen and oxygen atoms in total. The van der Waals surface area contributed by atoms with E-state index in [1.165, 1.54) is 11.0 Å². The van der Waals surface area contributed by atoms with Crippen LogP contribution in [-0.2, 0) is 0 Å². The Kier molecular flexibility index (Phi) is 6.08. The van der Waals surface area contributed by atoms with Crippen molar-refractivity contribution in [1.82, 2.24) is 9.62 Å². The van der Waals surface area contributed by atoms with E-state index in [1.807, 2.05) is 6.08 Å². The molecular weight excluding hydrogens is 252 g/mol. The summed E-state index contributed by atoms with van der Waals surface area (Å²) in [6.45, 7) is 7.78. The molecule has 0 aromatic carbocycles. The van der Waals surface area contributed by atoms with Crippen molar-refractivity contribution in [2.45, 2.75) is 25.3 Å². The topological polar surface area (TPSA) is 40.0 Å². The van der Waals surface area contributed by atoms with Gasteiger partial charge in [-0.3, -0.25) is 4.99 Å². The van der Waals surface area contributed by atoms with E-state index in [2.05, 4.69) is 44.9 Å². The first-order chi connectivity index (χ1) is 8.15. The zero-order valence-corrected chi connectivity index (χ0v) is 12.1. The third kappa shape index (κ3) is 4.37. The summed E-state index contributed by atoms with van der Waals surface area (Å²) >= 11 is 4.15. The summed E-state index contributed by atoms with van der Waals surface area (Å²) in [5.41, 5.74) is 0.161. The molecule has 1 aliphatic rings. The summed E-state index contributed by atoms with van der Waals surface area (Å²) in [5, 5.41) is 0. The number of thiol groups is 1. The summed E-state index contributed by atoms with van der Waals surface area (Å²) in [7, 11) is 3.14. The molecule has 1 fully saturated rings. The number of allylic oxidation sites excluding steroid dienone is 1. The molecule has 0 aromatic rings. The molecule has 96 valence electrons. The average Bonchev–Trinajstić information content (AvgIpc) is 2.32. The molecule has 1 rings (SSSR count). The van der Waals surface area contributed by atoms with Gasteiger partial charge in [0.1, 0.15) is 5.82 Å². The molecular formula is C11H20N4S2. The van der Waals surface area contributed by atoms with Crippen LogP contribution in [0.4, 0.5) is 0 Å². The molecule has 17 heavy (non-hydrogen) atoms. The quantitative estimate of drug-likeness (QED) is 0.349. The maximum absolute atomic E-state index is 4.15. The minimum atomic E-state index is 0.161. The number of nitrogens with zero attached hydrogens (tertiary/aromatic N) is 3. The maximum atomic E-state index is 4.15. The normalized spacial score (nSPS) is 20.9. The van der Waals surface area contributed by atoms with Gasteiger partial charge in [-0.1, -0.05) is 11.7 Å². The van der Waals surface area contributed by atoms with E-state index < -0.39 is 0 Å². The third-order valence-electron chi connectivity index (χ3n) is 3.02. The van der Waals surface area contributed by atoms with Gasteiger partial charge >= 0.3 is 0 Å². The molecule has 1 aliphatic heterocycles. The maximum Gasteiger partial charge on any atom is 0.129 e. The summed E-state index contributed by atoms with van der Waals surface area (Å²) in [6.07, 6.45) is 5.78. The lowest BCUT2D eigenvalue weighted by Gasteiger charge is -2.40. The van der Waals surface area contributed by atoms with Gasteiger partial charge in [0.2, 0.25) is 0 Å². The fourth-order valence-corrected chi connectivity index (χ4v) is 2.93. The van der Waals surface area contributed by atoms with Crippen molar-refractivity contribution in [2.24, 2.45) is 9.98 Å². The highest BCUT2D eigenvalue weighted by molar-refractivity contribution is 8.67. The Morgan fingerprint density at radius 2 is 2.18 bits per heavy atom. The number of aliphatic imine (C=N–C) groups is 2. The number of piperidine rings is 1. The molecule has 1 saturated heterocycles. The van der Waals surface area contributed by atoms with Crippen molar-refractivity contribution in [3.63, 3.8) is 0 Å². The summed E-state index contributed by atoms with van der Waals surface area (Å²) in [4.78, 5) is 10.2. The SMILES string of the molecule is C=N/C(=C\C=N/C)N1CCC(C)(NSS)CC1. The molecule has 1 N–H and O–H groups in total. The summed E-state index contributed by atoms with van der Waals surface area (Å²) in [6, 6.07) is 0. The molecule has 0 aromatic heterocycles. The van der Waals surface area contributed by atoms with Gasteiger partial charge in [-0.15, -0.1) is 0 Å². The lowest BCUT2D eigenvalue weighted by Crippen LogP contribution is -2.48. The van der Waals surface area contributed by atoms with Gasteiger partial charge in [0, 0.05) is 31.9 Å². The van der Waals surface area contributed by atoms with E-state index in [0.717, 1.165) is 31.8 Å². The minimum absolute atomic E-state index is 0.161. The van der Waals surface area contributed by atoms with Crippen molar-refractivity contribution in [2.75, 3.05) is 20.1 Å². The highest BCUT2D eigenvalue weighted by atomic mass is 33.1. The molecule has 0 unspecified atom stereocenters. The highest BCUT2D eigenvalue weighted by Crippen LogP contribution is 2.26. The largest absolute Gasteiger partial charge is 0.356 e. The molecule has 0 amide bonds. The van der Waals surface area contributed by atoms with Crippen molar-refractivity contribution >= 4 is 35.6 Å². The Hall–Kier alpha value is -0.460. The van der Waals surface area contributed by atoms with E-state index in [-0.39, 0.29) is 5.54 Å². The molecule has 0 aliphatic carbocycles. The molecule has 1 heterocycles. The van der Waals surface area contributed by atoms with Gasteiger partial charge in [-0.05, 0) is 43.5 Å². The van der Waals surface area contributed by atoms with Crippen molar-refractivity contribution in [3.8, 4) is 0 Å². The van der Waals surface area contributed by atoms with E-state index in [9.17, 15) is 0 Å². The molecule has 0 radical (unpaired) electrons. The summed E-state index contributed by atoms with van der Waals surface area (Å²) in [5.74, 6) is 0.899. The minimum Gasteiger partial charge on any atom is -0.356 e. The monoisotopic (exact) mass is 272 g/mol. The fraction of sp³-hybridized carbons (Fsp3) is 0.636. The van der Waals surface area contributed by atoms with Crippen LogP contribution in [0.2, 0.25) is 0 Å². The first-order valence-electron chi connectivity index (χ1n) is 5.57. The first-order valence-corrected chi connectivity index (χ1v) is 7.44. The highest BCUT2D eigenvalue weighted by Gasteiger charge is 2.30. The van der Waals surface area contributed by atoms with Crippen LogP contribution in [0.25, 0.3) is 0 Å². The number of likely N-dealkylation sites (tertiary alicyclic amines) is 1. The van der Waals surface area contributed by atoms with Crippen LogP contribution in [0.3, 0.4) is 0 Å². The van der Waals surface area contributed by atoms with Gasteiger partial charge in [0.25, 0.3) is 0 Å². The van der Waals surface area contributed by atoms with Crippen LogP contribution in [0.1, 0.15) is 19.8 Å². The van der Waals surface area contributed by atoms with Crippen LogP contribution in [0, 0.1) is 0 Å². The number of rotatable bonds is 5. The van der Waals surface area contributed by atoms with Gasteiger partial charge in [0.15, 0.2) is 0 Å². The number of hydrogen-bond acceptors (Lipinski definition) is 6. The molecule has 0 spiro atoms. The molecule has 0 atom stereocenters. The first kappa shape index (κ1) is 14.6. The zero-order valence-electron chi connectivity index (χ0n) is 10.4. The van der Waals surface area contributed by atoms with Crippen LogP contribution in [0.5, 0.6) is 0 Å². The van der Waals surface area contributed by atoms with Gasteiger partial charge < -0.3 is 4.90 Å². The Morgan fingerprint density at radius 1 is 1.53 bits per heavy atom. The predicted octanol–water partition coefficient (Wildman–Crippen LogP) is 2.17. The second-order valence-corrected chi connectivity index (χ2v) is 5.27. The Bertz CT molecular complexity index is 307. The van der Waals surface area contributed by atoms with E-state index in [1.54, 1.807) is 13.3 Å². The lowest BCUT2D eigenvalue weighted by molar-refractivity contribution is 0.199. The van der Waals surface area contributed by atoms with Crippen LogP contribution < -0.4 is 4.72 Å². The second-order valence-electron chi connectivity index (χ2n) is 4.33. The summed E-state index contributed by atoms with van der Waals surface area (Å²) < 4.78 is 3.34. The van der Waals surface area contributed by atoms with Crippen molar-refractivity contribution < 1.29 is 0 Å². The fourth-order valence-electron chi connectivity index (χ4n) is 1.84. The smallest absolute Gasteiger partial charge is 0.129 e.